The molecule has 148 valence electrons. The van der Waals surface area contributed by atoms with E-state index in [9.17, 15) is 4.79 Å². The molecule has 0 amide bonds. The molecule has 0 fully saturated rings. The fraction of sp³-hybridized carbons (Fsp3) is 0.286. The van der Waals surface area contributed by atoms with Gasteiger partial charge in [0.05, 0.1) is 18.6 Å². The predicted octanol–water partition coefficient (Wildman–Crippen LogP) is 3.60. The average molecular weight is 384 g/mol. The fourth-order valence-corrected chi connectivity index (χ4v) is 2.87. The summed E-state index contributed by atoms with van der Waals surface area (Å²) in [7, 11) is 1.52. The summed E-state index contributed by atoms with van der Waals surface area (Å²) in [6.45, 7) is 2.07. The SMILES string of the molecule is CCOC(=O)c1ccc(-n2cc(N)c(CCc3ccco3)c2)cc1OCOC. The predicted molar refractivity (Wildman–Crippen MR) is 105 cm³/mol. The lowest BCUT2D eigenvalue weighted by molar-refractivity contribution is 0.0438. The van der Waals surface area contributed by atoms with Gasteiger partial charge in [-0.05, 0) is 43.2 Å². The summed E-state index contributed by atoms with van der Waals surface area (Å²) in [5, 5.41) is 0. The molecule has 2 heterocycles. The van der Waals surface area contributed by atoms with Gasteiger partial charge in [-0.15, -0.1) is 0 Å². The Labute approximate surface area is 163 Å². The van der Waals surface area contributed by atoms with Crippen LogP contribution in [0.4, 0.5) is 5.69 Å². The van der Waals surface area contributed by atoms with Gasteiger partial charge in [0.25, 0.3) is 0 Å². The van der Waals surface area contributed by atoms with E-state index in [0.29, 0.717) is 17.0 Å². The summed E-state index contributed by atoms with van der Waals surface area (Å²) in [4.78, 5) is 12.2. The number of nitrogens with zero attached hydrogens (tertiary/aromatic N) is 1. The lowest BCUT2D eigenvalue weighted by atomic mass is 10.1. The number of nitrogens with two attached hydrogens (primary N) is 1. The Balaban J connectivity index is 1.84. The number of rotatable bonds is 9. The molecule has 1 aromatic carbocycles. The molecule has 0 aliphatic rings. The van der Waals surface area contributed by atoms with Crippen LogP contribution in [0.1, 0.15) is 28.6 Å². The van der Waals surface area contributed by atoms with E-state index < -0.39 is 5.97 Å². The number of aryl methyl sites for hydroxylation is 2. The fourth-order valence-electron chi connectivity index (χ4n) is 2.87. The normalized spacial score (nSPS) is 10.8. The molecule has 3 rings (SSSR count). The lowest BCUT2D eigenvalue weighted by Crippen LogP contribution is -2.10. The van der Waals surface area contributed by atoms with Crippen LogP contribution in [0.3, 0.4) is 0 Å². The van der Waals surface area contributed by atoms with Crippen LogP contribution in [-0.4, -0.2) is 31.0 Å². The molecule has 2 N–H and O–H groups in total. The van der Waals surface area contributed by atoms with E-state index in [-0.39, 0.29) is 13.4 Å². The Bertz CT molecular complexity index is 915. The maximum absolute atomic E-state index is 12.2. The number of carbonyl (C=O) groups excluding carboxylic acids is 1. The van der Waals surface area contributed by atoms with Gasteiger partial charge in [-0.1, -0.05) is 0 Å². The second-order valence-electron chi connectivity index (χ2n) is 6.18. The minimum atomic E-state index is -0.439. The third kappa shape index (κ3) is 4.55. The van der Waals surface area contributed by atoms with Crippen molar-refractivity contribution in [3.63, 3.8) is 0 Å². The summed E-state index contributed by atoms with van der Waals surface area (Å²) < 4.78 is 22.9. The Kier molecular flexibility index (Phi) is 6.39. The molecule has 0 aliphatic heterocycles. The van der Waals surface area contributed by atoms with Crippen LogP contribution >= 0.6 is 0 Å². The molecule has 0 saturated heterocycles. The van der Waals surface area contributed by atoms with Crippen LogP contribution < -0.4 is 10.5 Å². The van der Waals surface area contributed by atoms with Crippen LogP contribution in [0.5, 0.6) is 5.75 Å². The highest BCUT2D eigenvalue weighted by atomic mass is 16.7. The van der Waals surface area contributed by atoms with Gasteiger partial charge in [0.1, 0.15) is 17.1 Å². The van der Waals surface area contributed by atoms with Gasteiger partial charge >= 0.3 is 5.97 Å². The maximum atomic E-state index is 12.2. The van der Waals surface area contributed by atoms with Crippen LogP contribution in [0.15, 0.2) is 53.4 Å². The summed E-state index contributed by atoms with van der Waals surface area (Å²) in [5.41, 5.74) is 9.05. The van der Waals surface area contributed by atoms with Crippen molar-refractivity contribution >= 4 is 11.7 Å². The van der Waals surface area contributed by atoms with E-state index in [1.165, 1.54) is 7.11 Å². The third-order valence-corrected chi connectivity index (χ3v) is 4.26. The van der Waals surface area contributed by atoms with E-state index in [0.717, 1.165) is 29.9 Å². The third-order valence-electron chi connectivity index (χ3n) is 4.26. The number of furan rings is 1. The summed E-state index contributed by atoms with van der Waals surface area (Å²) in [6.07, 6.45) is 7.01. The molecule has 7 nitrogen and oxygen atoms in total. The number of esters is 1. The van der Waals surface area contributed by atoms with Crippen molar-refractivity contribution in [3.8, 4) is 11.4 Å². The zero-order valence-corrected chi connectivity index (χ0v) is 16.0. The largest absolute Gasteiger partial charge is 0.469 e. The van der Waals surface area contributed by atoms with E-state index in [1.54, 1.807) is 25.3 Å². The van der Waals surface area contributed by atoms with Crippen molar-refractivity contribution in [1.29, 1.82) is 0 Å². The first-order chi connectivity index (χ1) is 13.6. The van der Waals surface area contributed by atoms with E-state index in [1.807, 2.05) is 35.2 Å². The first kappa shape index (κ1) is 19.6. The first-order valence-electron chi connectivity index (χ1n) is 9.04. The molecule has 0 saturated carbocycles. The molecule has 2 aromatic heterocycles. The number of nitrogen functional groups attached to an aromatic ring is 1. The Morgan fingerprint density at radius 3 is 2.79 bits per heavy atom. The number of hydrogen-bond donors (Lipinski definition) is 1. The van der Waals surface area contributed by atoms with Crippen molar-refractivity contribution in [2.45, 2.75) is 19.8 Å². The summed E-state index contributed by atoms with van der Waals surface area (Å²) in [6, 6.07) is 9.08. The highest BCUT2D eigenvalue weighted by Crippen LogP contribution is 2.26. The molecule has 0 radical (unpaired) electrons. The molecule has 3 aromatic rings. The number of hydrogen-bond acceptors (Lipinski definition) is 6. The van der Waals surface area contributed by atoms with Gasteiger partial charge in [0.2, 0.25) is 0 Å². The number of anilines is 1. The molecule has 0 aliphatic carbocycles. The van der Waals surface area contributed by atoms with Crippen LogP contribution in [-0.2, 0) is 22.3 Å². The van der Waals surface area contributed by atoms with Crippen molar-refractivity contribution in [1.82, 2.24) is 4.57 Å². The smallest absolute Gasteiger partial charge is 0.341 e. The molecule has 28 heavy (non-hydrogen) atoms. The van der Waals surface area contributed by atoms with Gasteiger partial charge in [0, 0.05) is 37.7 Å². The second kappa shape index (κ2) is 9.14. The number of ether oxygens (including phenoxy) is 3. The second-order valence-corrected chi connectivity index (χ2v) is 6.18. The van der Waals surface area contributed by atoms with Gasteiger partial charge < -0.3 is 28.9 Å². The topological polar surface area (TPSA) is 88.9 Å². The molecule has 0 atom stereocenters. The number of aromatic nitrogens is 1. The van der Waals surface area contributed by atoms with Crippen molar-refractivity contribution in [2.75, 3.05) is 26.2 Å². The minimum Gasteiger partial charge on any atom is -0.469 e. The van der Waals surface area contributed by atoms with Gasteiger partial charge in [-0.3, -0.25) is 0 Å². The Morgan fingerprint density at radius 2 is 2.07 bits per heavy atom. The van der Waals surface area contributed by atoms with Crippen LogP contribution in [0.25, 0.3) is 5.69 Å². The van der Waals surface area contributed by atoms with E-state index in [4.69, 9.17) is 24.4 Å². The monoisotopic (exact) mass is 384 g/mol. The van der Waals surface area contributed by atoms with E-state index >= 15 is 0 Å². The van der Waals surface area contributed by atoms with E-state index in [2.05, 4.69) is 0 Å². The molecule has 0 spiro atoms. The minimum absolute atomic E-state index is 0.0259. The van der Waals surface area contributed by atoms with Crippen LogP contribution in [0, 0.1) is 0 Å². The molecule has 0 unspecified atom stereocenters. The van der Waals surface area contributed by atoms with Gasteiger partial charge in [0.15, 0.2) is 6.79 Å². The van der Waals surface area contributed by atoms with Crippen molar-refractivity contribution < 1.29 is 23.4 Å². The molecule has 0 bridgehead atoms. The first-order valence-corrected chi connectivity index (χ1v) is 9.04. The number of methoxy groups -OCH3 is 1. The Morgan fingerprint density at radius 1 is 1.21 bits per heavy atom. The molecular weight excluding hydrogens is 360 g/mol. The quantitative estimate of drug-likeness (QED) is 0.448. The van der Waals surface area contributed by atoms with Crippen molar-refractivity contribution in [3.05, 3.63) is 65.9 Å². The number of benzene rings is 1. The summed E-state index contributed by atoms with van der Waals surface area (Å²) in [5.74, 6) is 0.870. The highest BCUT2D eigenvalue weighted by Gasteiger charge is 2.16. The van der Waals surface area contributed by atoms with Crippen LogP contribution in [0.2, 0.25) is 0 Å². The summed E-state index contributed by atoms with van der Waals surface area (Å²) >= 11 is 0. The zero-order valence-electron chi connectivity index (χ0n) is 16.0. The van der Waals surface area contributed by atoms with Gasteiger partial charge in [-0.25, -0.2) is 4.79 Å². The standard InChI is InChI=1S/C21H24N2O5/c1-3-26-21(24)18-9-7-16(11-20(18)28-14-25-2)23-12-15(19(22)13-23)6-8-17-5-4-10-27-17/h4-5,7,9-13H,3,6,8,14,22H2,1-2H3. The molecular formula is C21H24N2O5. The average Bonchev–Trinajstić information content (AvgIpc) is 3.34. The highest BCUT2D eigenvalue weighted by molar-refractivity contribution is 5.93. The zero-order chi connectivity index (χ0) is 19.9. The number of carbonyl (C=O) groups is 1. The van der Waals surface area contributed by atoms with Crippen molar-refractivity contribution in [2.24, 2.45) is 0 Å². The van der Waals surface area contributed by atoms with Gasteiger partial charge in [-0.2, -0.15) is 0 Å². The maximum Gasteiger partial charge on any atom is 0.341 e. The molecule has 7 heteroatoms. The Hall–Kier alpha value is -3.19. The lowest BCUT2D eigenvalue weighted by Gasteiger charge is -2.12.